The summed E-state index contributed by atoms with van der Waals surface area (Å²) in [7, 11) is 0. The van der Waals surface area contributed by atoms with Crippen molar-refractivity contribution in [2.45, 2.75) is 19.8 Å². The molecule has 2 aromatic carbocycles. The van der Waals surface area contributed by atoms with Crippen molar-refractivity contribution < 1.29 is 9.32 Å². The third-order valence-corrected chi connectivity index (χ3v) is 4.84. The van der Waals surface area contributed by atoms with E-state index in [1.807, 2.05) is 55.5 Å². The number of benzene rings is 2. The molecule has 0 aliphatic heterocycles. The highest BCUT2D eigenvalue weighted by Gasteiger charge is 2.12. The first-order valence-electron chi connectivity index (χ1n) is 8.22. The molecule has 0 saturated carbocycles. The van der Waals surface area contributed by atoms with Gasteiger partial charge in [0.15, 0.2) is 5.13 Å². The predicted molar refractivity (Wildman–Crippen MR) is 101 cm³/mol. The summed E-state index contributed by atoms with van der Waals surface area (Å²) < 4.78 is 6.29. The fraction of sp³-hybridized carbons (Fsp3) is 0.158. The summed E-state index contributed by atoms with van der Waals surface area (Å²) in [4.78, 5) is 20.9. The zero-order valence-electron chi connectivity index (χ0n) is 14.1. The van der Waals surface area contributed by atoms with Crippen LogP contribution < -0.4 is 5.32 Å². The van der Waals surface area contributed by atoms with E-state index in [4.69, 9.17) is 4.52 Å². The van der Waals surface area contributed by atoms with Crippen molar-refractivity contribution in [3.8, 4) is 11.4 Å². The summed E-state index contributed by atoms with van der Waals surface area (Å²) in [5.74, 6) is 0.853. The molecule has 6 nitrogen and oxygen atoms in total. The molecule has 0 unspecified atom stereocenters. The zero-order chi connectivity index (χ0) is 17.9. The molecule has 0 atom stereocenters. The summed E-state index contributed by atoms with van der Waals surface area (Å²) in [5.41, 5.74) is 2.95. The molecule has 1 amide bonds. The maximum Gasteiger partial charge on any atom is 0.227 e. The van der Waals surface area contributed by atoms with Gasteiger partial charge in [-0.1, -0.05) is 58.5 Å². The van der Waals surface area contributed by atoms with Crippen LogP contribution in [0.2, 0.25) is 0 Å². The minimum atomic E-state index is -0.126. The number of anilines is 1. The van der Waals surface area contributed by atoms with Crippen LogP contribution in [-0.2, 0) is 11.2 Å². The Bertz CT molecular complexity index is 1020. The van der Waals surface area contributed by atoms with E-state index in [-0.39, 0.29) is 12.3 Å². The third-order valence-electron chi connectivity index (χ3n) is 3.88. The van der Waals surface area contributed by atoms with Crippen LogP contribution >= 0.6 is 11.3 Å². The molecule has 0 spiro atoms. The Morgan fingerprint density at radius 3 is 2.73 bits per heavy atom. The summed E-state index contributed by atoms with van der Waals surface area (Å²) in [6.07, 6.45) is 0.640. The van der Waals surface area contributed by atoms with E-state index in [1.54, 1.807) is 0 Å². The average molecular weight is 364 g/mol. The van der Waals surface area contributed by atoms with Crippen molar-refractivity contribution >= 4 is 32.6 Å². The SMILES string of the molecule is Cc1ccc(-c2noc(CCC(=O)Nc3nc4ccccc4s3)n2)cc1. The molecule has 4 aromatic rings. The molecular formula is C19H16N4O2S. The van der Waals surface area contributed by atoms with Gasteiger partial charge in [-0.3, -0.25) is 4.79 Å². The first kappa shape index (κ1) is 16.4. The predicted octanol–water partition coefficient (Wildman–Crippen LogP) is 4.23. The second-order valence-electron chi connectivity index (χ2n) is 5.91. The van der Waals surface area contributed by atoms with Gasteiger partial charge in [-0.25, -0.2) is 4.98 Å². The first-order chi connectivity index (χ1) is 12.7. The lowest BCUT2D eigenvalue weighted by Crippen LogP contribution is -2.12. The number of amides is 1. The van der Waals surface area contributed by atoms with E-state index in [2.05, 4.69) is 20.4 Å². The molecular weight excluding hydrogens is 348 g/mol. The lowest BCUT2D eigenvalue weighted by molar-refractivity contribution is -0.116. The number of nitrogens with one attached hydrogen (secondary N) is 1. The van der Waals surface area contributed by atoms with Crippen molar-refractivity contribution in [1.29, 1.82) is 0 Å². The minimum absolute atomic E-state index is 0.126. The molecule has 7 heteroatoms. The molecule has 2 heterocycles. The Morgan fingerprint density at radius 2 is 1.92 bits per heavy atom. The zero-order valence-corrected chi connectivity index (χ0v) is 14.9. The highest BCUT2D eigenvalue weighted by atomic mass is 32.1. The number of rotatable bonds is 5. The fourth-order valence-corrected chi connectivity index (χ4v) is 3.39. The van der Waals surface area contributed by atoms with Crippen LogP contribution in [-0.4, -0.2) is 21.0 Å². The maximum atomic E-state index is 12.1. The minimum Gasteiger partial charge on any atom is -0.339 e. The molecule has 4 rings (SSSR count). The van der Waals surface area contributed by atoms with Gasteiger partial charge in [0.25, 0.3) is 0 Å². The van der Waals surface area contributed by atoms with E-state index in [0.717, 1.165) is 15.8 Å². The van der Waals surface area contributed by atoms with Gasteiger partial charge in [0.05, 0.1) is 10.2 Å². The standard InChI is InChI=1S/C19H16N4O2S/c1-12-6-8-13(9-7-12)18-22-17(25-23-18)11-10-16(24)21-19-20-14-4-2-3-5-15(14)26-19/h2-9H,10-11H2,1H3,(H,20,21,24). The Hall–Kier alpha value is -3.06. The Morgan fingerprint density at radius 1 is 1.12 bits per heavy atom. The van der Waals surface area contributed by atoms with Gasteiger partial charge in [-0.2, -0.15) is 4.98 Å². The molecule has 2 aromatic heterocycles. The summed E-state index contributed by atoms with van der Waals surface area (Å²) in [6.45, 7) is 2.02. The Labute approximate surface area is 153 Å². The van der Waals surface area contributed by atoms with Gasteiger partial charge in [0, 0.05) is 18.4 Å². The van der Waals surface area contributed by atoms with E-state index >= 15 is 0 Å². The van der Waals surface area contributed by atoms with Gasteiger partial charge < -0.3 is 9.84 Å². The van der Waals surface area contributed by atoms with Crippen LogP contribution in [0.3, 0.4) is 0 Å². The molecule has 0 fully saturated rings. The number of thiazole rings is 1. The second kappa shape index (κ2) is 7.05. The number of hydrogen-bond acceptors (Lipinski definition) is 6. The van der Waals surface area contributed by atoms with Gasteiger partial charge in [0.2, 0.25) is 17.6 Å². The Kier molecular flexibility index (Phi) is 4.45. The lowest BCUT2D eigenvalue weighted by atomic mass is 10.1. The maximum absolute atomic E-state index is 12.1. The summed E-state index contributed by atoms with van der Waals surface area (Å²) >= 11 is 1.46. The Balaban J connectivity index is 1.36. The number of nitrogens with zero attached hydrogens (tertiary/aromatic N) is 3. The van der Waals surface area contributed by atoms with Crippen LogP contribution in [0.25, 0.3) is 21.6 Å². The van der Waals surface area contributed by atoms with Crippen LogP contribution in [0, 0.1) is 6.92 Å². The third kappa shape index (κ3) is 3.62. The summed E-state index contributed by atoms with van der Waals surface area (Å²) in [5, 5.41) is 7.40. The normalized spacial score (nSPS) is 11.0. The van der Waals surface area contributed by atoms with Crippen LogP contribution in [0.15, 0.2) is 53.1 Å². The highest BCUT2D eigenvalue weighted by Crippen LogP contribution is 2.25. The lowest BCUT2D eigenvalue weighted by Gasteiger charge is -1.98. The van der Waals surface area contributed by atoms with Gasteiger partial charge in [-0.15, -0.1) is 0 Å². The molecule has 0 aliphatic rings. The van der Waals surface area contributed by atoms with Crippen molar-refractivity contribution in [2.24, 2.45) is 0 Å². The highest BCUT2D eigenvalue weighted by molar-refractivity contribution is 7.22. The van der Waals surface area contributed by atoms with E-state index in [0.29, 0.717) is 23.3 Å². The van der Waals surface area contributed by atoms with Crippen molar-refractivity contribution in [1.82, 2.24) is 15.1 Å². The monoisotopic (exact) mass is 364 g/mol. The molecule has 26 heavy (non-hydrogen) atoms. The second-order valence-corrected chi connectivity index (χ2v) is 6.94. The molecule has 0 bridgehead atoms. The van der Waals surface area contributed by atoms with Crippen molar-refractivity contribution in [3.05, 3.63) is 60.0 Å². The number of fused-ring (bicyclic) bond motifs is 1. The molecule has 0 aliphatic carbocycles. The molecule has 130 valence electrons. The molecule has 0 radical (unpaired) electrons. The van der Waals surface area contributed by atoms with Crippen molar-refractivity contribution in [3.63, 3.8) is 0 Å². The topological polar surface area (TPSA) is 80.9 Å². The largest absolute Gasteiger partial charge is 0.339 e. The first-order valence-corrected chi connectivity index (χ1v) is 9.04. The average Bonchev–Trinajstić information content (AvgIpc) is 3.27. The summed E-state index contributed by atoms with van der Waals surface area (Å²) in [6, 6.07) is 15.7. The number of para-hydroxylation sites is 1. The van der Waals surface area contributed by atoms with Gasteiger partial charge in [0.1, 0.15) is 0 Å². The number of hydrogen-bond donors (Lipinski definition) is 1. The number of aryl methyl sites for hydroxylation is 2. The van der Waals surface area contributed by atoms with Gasteiger partial charge >= 0.3 is 0 Å². The van der Waals surface area contributed by atoms with Crippen molar-refractivity contribution in [2.75, 3.05) is 5.32 Å². The van der Waals surface area contributed by atoms with Gasteiger partial charge in [-0.05, 0) is 19.1 Å². The number of carbonyl (C=O) groups is 1. The molecule has 0 saturated heterocycles. The van der Waals surface area contributed by atoms with Crippen LogP contribution in [0.4, 0.5) is 5.13 Å². The fourth-order valence-electron chi connectivity index (χ4n) is 2.50. The quantitative estimate of drug-likeness (QED) is 0.573. The van der Waals surface area contributed by atoms with E-state index in [9.17, 15) is 4.79 Å². The van der Waals surface area contributed by atoms with E-state index in [1.165, 1.54) is 16.9 Å². The van der Waals surface area contributed by atoms with E-state index < -0.39 is 0 Å². The van der Waals surface area contributed by atoms with Crippen LogP contribution in [0.1, 0.15) is 17.9 Å². The van der Waals surface area contributed by atoms with Crippen LogP contribution in [0.5, 0.6) is 0 Å². The smallest absolute Gasteiger partial charge is 0.227 e. The number of aromatic nitrogens is 3. The number of carbonyl (C=O) groups excluding carboxylic acids is 1. The molecule has 1 N–H and O–H groups in total.